The molecule has 2 aromatic rings. The van der Waals surface area contributed by atoms with E-state index in [-0.39, 0.29) is 5.69 Å². The fourth-order valence-corrected chi connectivity index (χ4v) is 1.20. The Balaban J connectivity index is 2.68. The Morgan fingerprint density at radius 2 is 2.23 bits per heavy atom. The van der Waals surface area contributed by atoms with Gasteiger partial charge in [0.15, 0.2) is 0 Å². The second-order valence-corrected chi connectivity index (χ2v) is 2.89. The number of aryl methyl sites for hydroxylation is 1. The fourth-order valence-electron chi connectivity index (χ4n) is 1.20. The van der Waals surface area contributed by atoms with E-state index in [4.69, 9.17) is 0 Å². The van der Waals surface area contributed by atoms with Gasteiger partial charge in [-0.3, -0.25) is 0 Å². The lowest BCUT2D eigenvalue weighted by Gasteiger charge is -1.93. The molecule has 0 spiro atoms. The third kappa shape index (κ3) is 1.26. The average Bonchev–Trinajstić information content (AvgIpc) is 2.46. The monoisotopic (exact) mass is 175 g/mol. The number of aromatic carboxylic acids is 1. The number of carbonyl (C=O) groups is 1. The van der Waals surface area contributed by atoms with Crippen LogP contribution in [0.25, 0.3) is 5.65 Å². The average molecular weight is 175 g/mol. The molecule has 0 aromatic carbocycles. The highest BCUT2D eigenvalue weighted by molar-refractivity contribution is 5.84. The summed E-state index contributed by atoms with van der Waals surface area (Å²) in [6.45, 7) is 1.93. The first-order valence-electron chi connectivity index (χ1n) is 3.83. The molecule has 0 aliphatic heterocycles. The minimum atomic E-state index is -1.25. The van der Waals surface area contributed by atoms with E-state index in [1.807, 2.05) is 19.2 Å². The van der Waals surface area contributed by atoms with Crippen molar-refractivity contribution in [1.82, 2.24) is 9.38 Å². The third-order valence-electron chi connectivity index (χ3n) is 1.81. The number of pyridine rings is 1. The van der Waals surface area contributed by atoms with E-state index in [1.165, 1.54) is 6.20 Å². The van der Waals surface area contributed by atoms with Gasteiger partial charge in [0.25, 0.3) is 0 Å². The molecule has 0 amide bonds. The molecule has 0 N–H and O–H groups in total. The Hall–Kier alpha value is -1.84. The van der Waals surface area contributed by atoms with Crippen molar-refractivity contribution in [3.05, 3.63) is 35.8 Å². The van der Waals surface area contributed by atoms with Gasteiger partial charge in [-0.05, 0) is 18.6 Å². The summed E-state index contributed by atoms with van der Waals surface area (Å²) >= 11 is 0. The summed E-state index contributed by atoms with van der Waals surface area (Å²) in [7, 11) is 0. The Bertz CT molecular complexity index is 473. The molecular formula is C9H7N2O2-. The Labute approximate surface area is 74.5 Å². The molecule has 0 saturated heterocycles. The van der Waals surface area contributed by atoms with Gasteiger partial charge >= 0.3 is 0 Å². The van der Waals surface area contributed by atoms with Crippen molar-refractivity contribution in [2.75, 3.05) is 0 Å². The van der Waals surface area contributed by atoms with Crippen LogP contribution >= 0.6 is 0 Å². The minimum absolute atomic E-state index is 0.0365. The van der Waals surface area contributed by atoms with Crippen molar-refractivity contribution >= 4 is 11.6 Å². The van der Waals surface area contributed by atoms with Crippen molar-refractivity contribution in [2.24, 2.45) is 0 Å². The molecule has 0 fully saturated rings. The van der Waals surface area contributed by atoms with E-state index in [0.29, 0.717) is 5.65 Å². The van der Waals surface area contributed by atoms with E-state index in [9.17, 15) is 9.90 Å². The zero-order valence-corrected chi connectivity index (χ0v) is 7.02. The van der Waals surface area contributed by atoms with Gasteiger partial charge in [0, 0.05) is 12.4 Å². The molecule has 13 heavy (non-hydrogen) atoms. The van der Waals surface area contributed by atoms with Gasteiger partial charge in [-0.15, -0.1) is 0 Å². The second-order valence-electron chi connectivity index (χ2n) is 2.89. The molecule has 0 unspecified atom stereocenters. The summed E-state index contributed by atoms with van der Waals surface area (Å²) in [5, 5.41) is 10.5. The number of nitrogens with zero attached hydrogens (tertiary/aromatic N) is 2. The molecule has 2 aromatic heterocycles. The van der Waals surface area contributed by atoms with Crippen molar-refractivity contribution < 1.29 is 9.90 Å². The highest BCUT2D eigenvalue weighted by Gasteiger charge is 2.00. The largest absolute Gasteiger partial charge is 0.543 e. The highest BCUT2D eigenvalue weighted by atomic mass is 16.4. The molecule has 0 bridgehead atoms. The summed E-state index contributed by atoms with van der Waals surface area (Å²) in [6, 6.07) is 3.64. The summed E-state index contributed by atoms with van der Waals surface area (Å²) in [4.78, 5) is 14.3. The fraction of sp³-hybridized carbons (Fsp3) is 0.111. The van der Waals surface area contributed by atoms with Crippen LogP contribution in [-0.4, -0.2) is 15.4 Å². The molecule has 2 rings (SSSR count). The summed E-state index contributed by atoms with van der Waals surface area (Å²) in [5.41, 5.74) is 1.63. The van der Waals surface area contributed by atoms with E-state index in [0.717, 1.165) is 5.56 Å². The van der Waals surface area contributed by atoms with Crippen molar-refractivity contribution in [3.63, 3.8) is 0 Å². The van der Waals surface area contributed by atoms with Gasteiger partial charge in [0.2, 0.25) is 0 Å². The zero-order chi connectivity index (χ0) is 9.42. The molecule has 0 aliphatic rings. The smallest absolute Gasteiger partial charge is 0.137 e. The maximum absolute atomic E-state index is 10.5. The Kier molecular flexibility index (Phi) is 1.55. The second kappa shape index (κ2) is 2.58. The maximum Gasteiger partial charge on any atom is 0.137 e. The van der Waals surface area contributed by atoms with Crippen LogP contribution in [0.15, 0.2) is 24.5 Å². The van der Waals surface area contributed by atoms with Crippen LogP contribution in [0.4, 0.5) is 0 Å². The van der Waals surface area contributed by atoms with E-state index < -0.39 is 5.97 Å². The van der Waals surface area contributed by atoms with Crippen molar-refractivity contribution in [2.45, 2.75) is 6.92 Å². The predicted molar refractivity (Wildman–Crippen MR) is 44.3 cm³/mol. The molecule has 2 heterocycles. The van der Waals surface area contributed by atoms with Crippen LogP contribution in [-0.2, 0) is 0 Å². The van der Waals surface area contributed by atoms with Crippen LogP contribution in [0, 0.1) is 6.92 Å². The molecular weight excluding hydrogens is 168 g/mol. The minimum Gasteiger partial charge on any atom is -0.543 e. The molecule has 4 nitrogen and oxygen atoms in total. The SMILES string of the molecule is Cc1ccc2nc(C(=O)[O-])cn2c1. The van der Waals surface area contributed by atoms with Crippen LogP contribution < -0.4 is 5.11 Å². The van der Waals surface area contributed by atoms with Gasteiger partial charge in [0.1, 0.15) is 11.3 Å². The first-order chi connectivity index (χ1) is 6.16. The number of carboxylic acid groups (broad SMARTS) is 1. The number of aromatic nitrogens is 2. The molecule has 0 radical (unpaired) electrons. The number of rotatable bonds is 1. The lowest BCUT2D eigenvalue weighted by molar-refractivity contribution is -0.255. The standard InChI is InChI=1S/C9H8N2O2/c1-6-2-3-8-10-7(9(12)13)5-11(8)4-6/h2-5H,1H3,(H,12,13)/p-1. The summed E-state index contributed by atoms with van der Waals surface area (Å²) < 4.78 is 1.67. The number of carbonyl (C=O) groups excluding carboxylic acids is 1. The summed E-state index contributed by atoms with van der Waals surface area (Å²) in [6.07, 6.45) is 3.26. The molecule has 0 saturated carbocycles. The molecule has 66 valence electrons. The topological polar surface area (TPSA) is 57.4 Å². The maximum atomic E-state index is 10.5. The quantitative estimate of drug-likeness (QED) is 0.613. The van der Waals surface area contributed by atoms with E-state index in [1.54, 1.807) is 10.5 Å². The lowest BCUT2D eigenvalue weighted by Crippen LogP contribution is -2.22. The van der Waals surface area contributed by atoms with Crippen LogP contribution in [0.1, 0.15) is 16.1 Å². The van der Waals surface area contributed by atoms with E-state index >= 15 is 0 Å². The van der Waals surface area contributed by atoms with Crippen LogP contribution in [0.5, 0.6) is 0 Å². The third-order valence-corrected chi connectivity index (χ3v) is 1.81. The first kappa shape index (κ1) is 7.79. The van der Waals surface area contributed by atoms with Gasteiger partial charge in [-0.2, -0.15) is 0 Å². The number of hydrogen-bond donors (Lipinski definition) is 0. The lowest BCUT2D eigenvalue weighted by atomic mass is 10.3. The zero-order valence-electron chi connectivity index (χ0n) is 7.02. The predicted octanol–water partition coefficient (Wildman–Crippen LogP) is 0.00622. The number of imidazole rings is 1. The van der Waals surface area contributed by atoms with Gasteiger partial charge in [-0.25, -0.2) is 4.98 Å². The Morgan fingerprint density at radius 3 is 2.92 bits per heavy atom. The van der Waals surface area contributed by atoms with Gasteiger partial charge in [-0.1, -0.05) is 6.07 Å². The molecule has 4 heteroatoms. The van der Waals surface area contributed by atoms with Gasteiger partial charge < -0.3 is 14.3 Å². The molecule has 0 aliphatic carbocycles. The van der Waals surface area contributed by atoms with Crippen LogP contribution in [0.3, 0.4) is 0 Å². The normalized spacial score (nSPS) is 10.5. The number of carboxylic acids is 1. The Morgan fingerprint density at radius 1 is 1.46 bits per heavy atom. The van der Waals surface area contributed by atoms with Gasteiger partial charge in [0.05, 0.1) is 5.97 Å². The van der Waals surface area contributed by atoms with Crippen molar-refractivity contribution in [3.8, 4) is 0 Å². The number of fused-ring (bicyclic) bond motifs is 1. The molecule has 0 atom stereocenters. The van der Waals surface area contributed by atoms with Crippen molar-refractivity contribution in [1.29, 1.82) is 0 Å². The number of hydrogen-bond acceptors (Lipinski definition) is 3. The first-order valence-corrected chi connectivity index (χ1v) is 3.83. The van der Waals surface area contributed by atoms with Crippen LogP contribution in [0.2, 0.25) is 0 Å². The highest BCUT2D eigenvalue weighted by Crippen LogP contribution is 2.06. The van der Waals surface area contributed by atoms with E-state index in [2.05, 4.69) is 4.98 Å². The summed E-state index contributed by atoms with van der Waals surface area (Å²) in [5.74, 6) is -1.25.